The first-order valence-electron chi connectivity index (χ1n) is 8.38. The van der Waals surface area contributed by atoms with Gasteiger partial charge in [0.1, 0.15) is 0 Å². The maximum atomic E-state index is 6.16. The van der Waals surface area contributed by atoms with Gasteiger partial charge in [0.2, 0.25) is 0 Å². The van der Waals surface area contributed by atoms with Gasteiger partial charge in [0.25, 0.3) is 0 Å². The van der Waals surface area contributed by atoms with Crippen LogP contribution in [-0.4, -0.2) is 0 Å². The van der Waals surface area contributed by atoms with Crippen molar-refractivity contribution in [2.45, 2.75) is 24.7 Å². The van der Waals surface area contributed by atoms with Gasteiger partial charge in [-0.05, 0) is 71.5 Å². The molecule has 3 aliphatic rings. The quantitative estimate of drug-likeness (QED) is 0.612. The highest BCUT2D eigenvalue weighted by Gasteiger charge is 2.54. The minimum Gasteiger partial charge on any atom is -0.399 e. The fraction of sp³-hybridized carbons (Fsp3) is 0.182. The molecule has 0 heterocycles. The van der Waals surface area contributed by atoms with Crippen LogP contribution in [0.3, 0.4) is 0 Å². The van der Waals surface area contributed by atoms with Gasteiger partial charge in [-0.2, -0.15) is 0 Å². The van der Waals surface area contributed by atoms with Crippen LogP contribution in [0.5, 0.6) is 0 Å². The van der Waals surface area contributed by atoms with Crippen molar-refractivity contribution in [3.63, 3.8) is 0 Å². The average molecular weight is 312 g/mol. The number of nitrogens with two attached hydrogens (primary N) is 2. The Bertz CT molecular complexity index is 938. The second-order valence-corrected chi connectivity index (χ2v) is 7.41. The SMILES string of the molecule is CC12c3ccccc3C(C)(c3ccc(N)cc31)c1cc(N)ccc12. The second kappa shape index (κ2) is 4.02. The Hall–Kier alpha value is -2.74. The van der Waals surface area contributed by atoms with Crippen LogP contribution in [0, 0.1) is 0 Å². The smallest absolute Gasteiger partial charge is 0.0433 e. The molecular weight excluding hydrogens is 292 g/mol. The molecule has 118 valence electrons. The Morgan fingerprint density at radius 1 is 0.542 bits per heavy atom. The van der Waals surface area contributed by atoms with Gasteiger partial charge in [-0.1, -0.05) is 36.4 Å². The number of benzene rings is 3. The maximum Gasteiger partial charge on any atom is 0.0433 e. The van der Waals surface area contributed by atoms with Crippen molar-refractivity contribution in [3.05, 3.63) is 94.0 Å². The van der Waals surface area contributed by atoms with Crippen molar-refractivity contribution < 1.29 is 0 Å². The lowest BCUT2D eigenvalue weighted by molar-refractivity contribution is 0.512. The molecule has 4 N–H and O–H groups in total. The Balaban J connectivity index is 2.03. The third-order valence-corrected chi connectivity index (χ3v) is 6.25. The molecule has 2 atom stereocenters. The molecule has 3 aliphatic carbocycles. The molecule has 0 spiro atoms. The average Bonchev–Trinajstić information content (AvgIpc) is 2.58. The fourth-order valence-corrected chi connectivity index (χ4v) is 5.05. The maximum absolute atomic E-state index is 6.16. The molecule has 24 heavy (non-hydrogen) atoms. The van der Waals surface area contributed by atoms with Crippen LogP contribution in [0.2, 0.25) is 0 Å². The number of rotatable bonds is 0. The summed E-state index contributed by atoms with van der Waals surface area (Å²) < 4.78 is 0. The molecule has 0 saturated carbocycles. The van der Waals surface area contributed by atoms with E-state index in [0.29, 0.717) is 0 Å². The van der Waals surface area contributed by atoms with E-state index in [1.807, 2.05) is 12.1 Å². The largest absolute Gasteiger partial charge is 0.399 e. The van der Waals surface area contributed by atoms with Crippen molar-refractivity contribution in [3.8, 4) is 0 Å². The number of anilines is 2. The van der Waals surface area contributed by atoms with Crippen LogP contribution in [0.4, 0.5) is 11.4 Å². The van der Waals surface area contributed by atoms with Crippen LogP contribution in [-0.2, 0) is 10.8 Å². The number of hydrogen-bond acceptors (Lipinski definition) is 2. The third kappa shape index (κ3) is 1.30. The summed E-state index contributed by atoms with van der Waals surface area (Å²) in [7, 11) is 0. The van der Waals surface area contributed by atoms with Gasteiger partial charge in [-0.3, -0.25) is 0 Å². The molecule has 0 saturated heterocycles. The first kappa shape index (κ1) is 13.7. The van der Waals surface area contributed by atoms with Gasteiger partial charge in [-0.25, -0.2) is 0 Å². The molecule has 3 aromatic carbocycles. The summed E-state index contributed by atoms with van der Waals surface area (Å²) in [6.45, 7) is 4.63. The van der Waals surface area contributed by atoms with Gasteiger partial charge in [0.15, 0.2) is 0 Å². The molecule has 0 aliphatic heterocycles. The Kier molecular flexibility index (Phi) is 2.29. The zero-order chi connectivity index (χ0) is 16.7. The number of nitrogen functional groups attached to an aromatic ring is 2. The summed E-state index contributed by atoms with van der Waals surface area (Å²) in [6, 6.07) is 21.5. The highest BCUT2D eigenvalue weighted by Crippen LogP contribution is 2.61. The Labute approximate surface area is 142 Å². The topological polar surface area (TPSA) is 52.0 Å². The third-order valence-electron chi connectivity index (χ3n) is 6.25. The Morgan fingerprint density at radius 3 is 1.33 bits per heavy atom. The van der Waals surface area contributed by atoms with E-state index < -0.39 is 0 Å². The van der Waals surface area contributed by atoms with Crippen LogP contribution in [0.1, 0.15) is 47.2 Å². The molecule has 2 heteroatoms. The zero-order valence-electron chi connectivity index (χ0n) is 13.9. The summed E-state index contributed by atoms with van der Waals surface area (Å²) in [5.74, 6) is 0. The summed E-state index contributed by atoms with van der Waals surface area (Å²) in [6.07, 6.45) is 0. The predicted octanol–water partition coefficient (Wildman–Crippen LogP) is 4.19. The van der Waals surface area contributed by atoms with Gasteiger partial charge in [0, 0.05) is 22.2 Å². The van der Waals surface area contributed by atoms with E-state index in [1.165, 1.54) is 33.4 Å². The molecule has 2 bridgehead atoms. The van der Waals surface area contributed by atoms with Gasteiger partial charge < -0.3 is 11.5 Å². The van der Waals surface area contributed by atoms with Gasteiger partial charge in [0.05, 0.1) is 0 Å². The normalized spacial score (nSPS) is 25.8. The van der Waals surface area contributed by atoms with Crippen molar-refractivity contribution in [2.75, 3.05) is 11.5 Å². The van der Waals surface area contributed by atoms with Gasteiger partial charge in [-0.15, -0.1) is 0 Å². The molecular formula is C22H20N2. The van der Waals surface area contributed by atoms with Crippen molar-refractivity contribution in [1.82, 2.24) is 0 Å². The molecule has 0 amide bonds. The van der Waals surface area contributed by atoms with Crippen LogP contribution >= 0.6 is 0 Å². The molecule has 2 unspecified atom stereocenters. The predicted molar refractivity (Wildman–Crippen MR) is 99.3 cm³/mol. The fourth-order valence-electron chi connectivity index (χ4n) is 5.05. The molecule has 0 aromatic heterocycles. The van der Waals surface area contributed by atoms with E-state index in [1.54, 1.807) is 0 Å². The number of hydrogen-bond donors (Lipinski definition) is 2. The summed E-state index contributed by atoms with van der Waals surface area (Å²) in [5, 5.41) is 0. The standard InChI is InChI=1S/C22H20N2/c1-21-15-5-3-4-6-16(15)22(2,18-10-8-13(23)11-19(18)21)20-12-14(24)7-9-17(20)21/h3-12H,23-24H2,1-2H3. The lowest BCUT2D eigenvalue weighted by atomic mass is 9.48. The van der Waals surface area contributed by atoms with Crippen molar-refractivity contribution in [2.24, 2.45) is 0 Å². The van der Waals surface area contributed by atoms with Crippen molar-refractivity contribution >= 4 is 11.4 Å². The van der Waals surface area contributed by atoms with E-state index >= 15 is 0 Å². The van der Waals surface area contributed by atoms with E-state index in [9.17, 15) is 0 Å². The highest BCUT2D eigenvalue weighted by molar-refractivity contribution is 5.76. The molecule has 3 aromatic rings. The summed E-state index contributed by atoms with van der Waals surface area (Å²) >= 11 is 0. The molecule has 2 nitrogen and oxygen atoms in total. The Morgan fingerprint density at radius 2 is 0.917 bits per heavy atom. The zero-order valence-corrected chi connectivity index (χ0v) is 13.9. The molecule has 0 fully saturated rings. The summed E-state index contributed by atoms with van der Waals surface area (Å²) in [5.41, 5.74) is 21.7. The van der Waals surface area contributed by atoms with Crippen LogP contribution < -0.4 is 11.5 Å². The monoisotopic (exact) mass is 312 g/mol. The van der Waals surface area contributed by atoms with Crippen LogP contribution in [0.15, 0.2) is 60.7 Å². The first-order chi connectivity index (χ1) is 11.5. The van der Waals surface area contributed by atoms with Gasteiger partial charge >= 0.3 is 0 Å². The van der Waals surface area contributed by atoms with E-state index in [-0.39, 0.29) is 10.8 Å². The van der Waals surface area contributed by atoms with Crippen molar-refractivity contribution in [1.29, 1.82) is 0 Å². The highest BCUT2D eigenvalue weighted by atomic mass is 14.6. The van der Waals surface area contributed by atoms with Crippen LogP contribution in [0.25, 0.3) is 0 Å². The molecule has 6 rings (SSSR count). The lowest BCUT2D eigenvalue weighted by Gasteiger charge is -2.54. The minimum atomic E-state index is -0.192. The first-order valence-corrected chi connectivity index (χ1v) is 8.38. The summed E-state index contributed by atoms with van der Waals surface area (Å²) in [4.78, 5) is 0. The van der Waals surface area contributed by atoms with E-state index in [0.717, 1.165) is 11.4 Å². The minimum absolute atomic E-state index is 0.192. The lowest BCUT2D eigenvalue weighted by Crippen LogP contribution is -2.48. The van der Waals surface area contributed by atoms with E-state index in [4.69, 9.17) is 11.5 Å². The molecule has 0 radical (unpaired) electrons. The second-order valence-electron chi connectivity index (χ2n) is 7.41. The van der Waals surface area contributed by atoms with E-state index in [2.05, 4.69) is 62.4 Å².